The molecule has 0 saturated carbocycles. The Hall–Kier alpha value is -2.86. The molecule has 0 bridgehead atoms. The largest absolute Gasteiger partial charge is 0.484 e. The Balaban J connectivity index is 1.79. The number of carbonyl (C=O) groups is 2. The summed E-state index contributed by atoms with van der Waals surface area (Å²) in [5.74, 6) is -0.474. The number of amides is 1. The molecule has 0 saturated heterocycles. The van der Waals surface area contributed by atoms with E-state index in [1.54, 1.807) is 24.3 Å². The molecule has 2 rings (SSSR count). The van der Waals surface area contributed by atoms with Crippen molar-refractivity contribution >= 4 is 11.9 Å². The Morgan fingerprint density at radius 2 is 1.62 bits per heavy atom. The zero-order valence-corrected chi connectivity index (χ0v) is 13.2. The summed E-state index contributed by atoms with van der Waals surface area (Å²) in [5.41, 5.74) is 12.6. The van der Waals surface area contributed by atoms with Crippen LogP contribution in [0.2, 0.25) is 0 Å². The maximum absolute atomic E-state index is 11.9. The number of hydrogen-bond acceptors (Lipinski definition) is 5. The van der Waals surface area contributed by atoms with E-state index < -0.39 is 17.9 Å². The Bertz CT molecular complexity index is 671. The van der Waals surface area contributed by atoms with Gasteiger partial charge >= 0.3 is 5.97 Å². The molecule has 2 aromatic rings. The van der Waals surface area contributed by atoms with Gasteiger partial charge in [-0.15, -0.1) is 0 Å². The van der Waals surface area contributed by atoms with Crippen LogP contribution < -0.4 is 16.2 Å². The summed E-state index contributed by atoms with van der Waals surface area (Å²) in [6, 6.07) is 15.7. The molecule has 0 radical (unpaired) electrons. The quantitative estimate of drug-likeness (QED) is 0.708. The molecule has 0 spiro atoms. The van der Waals surface area contributed by atoms with Crippen LogP contribution in [0.4, 0.5) is 0 Å². The van der Waals surface area contributed by atoms with Crippen molar-refractivity contribution in [3.05, 3.63) is 65.7 Å². The van der Waals surface area contributed by atoms with Crippen molar-refractivity contribution in [2.75, 3.05) is 6.61 Å². The molecule has 4 N–H and O–H groups in total. The van der Waals surface area contributed by atoms with E-state index in [0.717, 1.165) is 11.1 Å². The molecule has 1 atom stereocenters. The first-order chi connectivity index (χ1) is 11.5. The summed E-state index contributed by atoms with van der Waals surface area (Å²) in [6.45, 7) is -0.0555. The zero-order chi connectivity index (χ0) is 17.4. The highest BCUT2D eigenvalue weighted by Gasteiger charge is 2.15. The molecule has 0 aliphatic carbocycles. The molecule has 0 aliphatic heterocycles. The van der Waals surface area contributed by atoms with Crippen molar-refractivity contribution in [3.8, 4) is 5.75 Å². The summed E-state index contributed by atoms with van der Waals surface area (Å²) < 4.78 is 10.4. The van der Waals surface area contributed by atoms with Crippen LogP contribution in [0.5, 0.6) is 5.75 Å². The van der Waals surface area contributed by atoms with E-state index in [1.165, 1.54) is 0 Å². The lowest BCUT2D eigenvalue weighted by Crippen LogP contribution is -2.34. The van der Waals surface area contributed by atoms with E-state index in [4.69, 9.17) is 20.9 Å². The van der Waals surface area contributed by atoms with Crippen molar-refractivity contribution in [2.45, 2.75) is 19.1 Å². The zero-order valence-electron chi connectivity index (χ0n) is 13.2. The smallest absolute Gasteiger partial charge is 0.323 e. The van der Waals surface area contributed by atoms with Gasteiger partial charge in [-0.3, -0.25) is 9.59 Å². The SMILES string of the molecule is NC(=O)COc1ccc(COC(=O)[C@@H](N)Cc2ccccc2)cc1. The molecule has 0 unspecified atom stereocenters. The Morgan fingerprint density at radius 1 is 0.958 bits per heavy atom. The monoisotopic (exact) mass is 328 g/mol. The van der Waals surface area contributed by atoms with Crippen molar-refractivity contribution in [3.63, 3.8) is 0 Å². The van der Waals surface area contributed by atoms with E-state index in [9.17, 15) is 9.59 Å². The average molecular weight is 328 g/mol. The molecule has 126 valence electrons. The lowest BCUT2D eigenvalue weighted by molar-refractivity contribution is -0.146. The predicted octanol–water partition coefficient (Wildman–Crippen LogP) is 1.16. The van der Waals surface area contributed by atoms with Gasteiger partial charge in [-0.05, 0) is 29.7 Å². The van der Waals surface area contributed by atoms with E-state index >= 15 is 0 Å². The van der Waals surface area contributed by atoms with Gasteiger partial charge in [0.25, 0.3) is 5.91 Å². The minimum atomic E-state index is -0.703. The maximum Gasteiger partial charge on any atom is 0.323 e. The van der Waals surface area contributed by atoms with Crippen LogP contribution in [-0.4, -0.2) is 24.5 Å². The fourth-order valence-electron chi connectivity index (χ4n) is 2.05. The Labute approximate surface area is 140 Å². The van der Waals surface area contributed by atoms with Gasteiger partial charge in [0, 0.05) is 0 Å². The maximum atomic E-state index is 11.9. The normalized spacial score (nSPS) is 11.5. The van der Waals surface area contributed by atoms with Crippen LogP contribution in [0, 0.1) is 0 Å². The van der Waals surface area contributed by atoms with Gasteiger partial charge in [-0.25, -0.2) is 0 Å². The summed E-state index contributed by atoms with van der Waals surface area (Å²) in [4.78, 5) is 22.6. The minimum absolute atomic E-state index is 0.122. The molecule has 6 nitrogen and oxygen atoms in total. The molecule has 24 heavy (non-hydrogen) atoms. The molecule has 6 heteroatoms. The molecule has 0 heterocycles. The van der Waals surface area contributed by atoms with E-state index in [0.29, 0.717) is 12.2 Å². The summed E-state index contributed by atoms with van der Waals surface area (Å²) >= 11 is 0. The third-order valence-corrected chi connectivity index (χ3v) is 3.29. The van der Waals surface area contributed by atoms with E-state index in [-0.39, 0.29) is 13.2 Å². The van der Waals surface area contributed by atoms with Gasteiger partial charge in [-0.2, -0.15) is 0 Å². The van der Waals surface area contributed by atoms with Crippen LogP contribution in [0.3, 0.4) is 0 Å². The fraction of sp³-hybridized carbons (Fsp3) is 0.222. The fourth-order valence-corrected chi connectivity index (χ4v) is 2.05. The first-order valence-electron chi connectivity index (χ1n) is 7.51. The molecule has 1 amide bonds. The van der Waals surface area contributed by atoms with Crippen LogP contribution in [0.1, 0.15) is 11.1 Å². The van der Waals surface area contributed by atoms with Crippen LogP contribution >= 0.6 is 0 Å². The summed E-state index contributed by atoms with van der Waals surface area (Å²) in [7, 11) is 0. The second kappa shape index (κ2) is 8.69. The topological polar surface area (TPSA) is 105 Å². The highest BCUT2D eigenvalue weighted by molar-refractivity contribution is 5.76. The Kier molecular flexibility index (Phi) is 6.33. The Morgan fingerprint density at radius 3 is 2.25 bits per heavy atom. The number of ether oxygens (including phenoxy) is 2. The molecular weight excluding hydrogens is 308 g/mol. The second-order valence-electron chi connectivity index (χ2n) is 5.30. The van der Waals surface area contributed by atoms with E-state index in [2.05, 4.69) is 0 Å². The third-order valence-electron chi connectivity index (χ3n) is 3.29. The van der Waals surface area contributed by atoms with Crippen molar-refractivity contribution in [1.29, 1.82) is 0 Å². The number of hydrogen-bond donors (Lipinski definition) is 2. The number of carbonyl (C=O) groups excluding carboxylic acids is 2. The number of rotatable bonds is 8. The molecule has 2 aromatic carbocycles. The average Bonchev–Trinajstić information content (AvgIpc) is 2.59. The predicted molar refractivity (Wildman–Crippen MR) is 89.0 cm³/mol. The lowest BCUT2D eigenvalue weighted by atomic mass is 10.1. The molecule has 0 fully saturated rings. The summed E-state index contributed by atoms with van der Waals surface area (Å²) in [5, 5.41) is 0. The first-order valence-corrected chi connectivity index (χ1v) is 7.51. The standard InChI is InChI=1S/C18H20N2O4/c19-16(10-13-4-2-1-3-5-13)18(22)24-11-14-6-8-15(9-7-14)23-12-17(20)21/h1-9,16H,10-12,19H2,(H2,20,21)/t16-/m0/s1. The molecule has 0 aliphatic rings. The highest BCUT2D eigenvalue weighted by atomic mass is 16.5. The number of benzene rings is 2. The van der Waals surface area contributed by atoms with Crippen LogP contribution in [0.25, 0.3) is 0 Å². The van der Waals surface area contributed by atoms with E-state index in [1.807, 2.05) is 30.3 Å². The summed E-state index contributed by atoms with van der Waals surface area (Å²) in [6.07, 6.45) is 0.430. The minimum Gasteiger partial charge on any atom is -0.484 e. The van der Waals surface area contributed by atoms with Gasteiger partial charge in [0.1, 0.15) is 18.4 Å². The number of nitrogens with two attached hydrogens (primary N) is 2. The number of primary amides is 1. The lowest BCUT2D eigenvalue weighted by Gasteiger charge is -2.12. The molecular formula is C18H20N2O4. The van der Waals surface area contributed by atoms with Gasteiger partial charge in [-0.1, -0.05) is 42.5 Å². The van der Waals surface area contributed by atoms with Crippen molar-refractivity contribution in [1.82, 2.24) is 0 Å². The highest BCUT2D eigenvalue weighted by Crippen LogP contribution is 2.13. The van der Waals surface area contributed by atoms with Crippen molar-refractivity contribution < 1.29 is 19.1 Å². The van der Waals surface area contributed by atoms with Crippen LogP contribution in [-0.2, 0) is 27.4 Å². The number of esters is 1. The first kappa shape index (κ1) is 17.5. The molecule has 0 aromatic heterocycles. The van der Waals surface area contributed by atoms with Gasteiger partial charge in [0.15, 0.2) is 6.61 Å². The van der Waals surface area contributed by atoms with Crippen LogP contribution in [0.15, 0.2) is 54.6 Å². The van der Waals surface area contributed by atoms with Gasteiger partial charge < -0.3 is 20.9 Å². The second-order valence-corrected chi connectivity index (χ2v) is 5.30. The van der Waals surface area contributed by atoms with Gasteiger partial charge in [0.05, 0.1) is 0 Å². The third kappa shape index (κ3) is 5.73. The van der Waals surface area contributed by atoms with Crippen molar-refractivity contribution in [2.24, 2.45) is 11.5 Å². The van der Waals surface area contributed by atoms with Gasteiger partial charge in [0.2, 0.25) is 0 Å².